The molecule has 0 rings (SSSR count). The number of hydrogen-bond acceptors (Lipinski definition) is 3. The van der Waals surface area contributed by atoms with Gasteiger partial charge >= 0.3 is 11.9 Å². The predicted octanol–water partition coefficient (Wildman–Crippen LogP) is 2.19. The van der Waals surface area contributed by atoms with Crippen LogP contribution in [0.5, 0.6) is 0 Å². The largest absolute Gasteiger partial charge is 0.479 e. The van der Waals surface area contributed by atoms with Crippen LogP contribution in [-0.4, -0.2) is 28.0 Å². The van der Waals surface area contributed by atoms with E-state index in [0.29, 0.717) is 6.42 Å². The monoisotopic (exact) mass is 236 g/mol. The Kier molecular flexibility index (Phi) is 5.65. The summed E-state index contributed by atoms with van der Waals surface area (Å²) in [4.78, 5) is 20.5. The molecule has 0 aliphatic carbocycles. The predicted molar refractivity (Wildman–Crippen MR) is 57.0 cm³/mol. The third-order valence-corrected chi connectivity index (χ3v) is 2.39. The zero-order chi connectivity index (χ0) is 12.1. The zero-order valence-electron chi connectivity index (χ0n) is 9.25. The minimum atomic E-state index is -1.93. The number of esters is 1. The molecule has 0 heterocycles. The maximum Gasteiger partial charge on any atom is 0.339 e. The van der Waals surface area contributed by atoms with Crippen molar-refractivity contribution < 1.29 is 19.4 Å². The summed E-state index contributed by atoms with van der Waals surface area (Å²) in [5, 5.41) is 8.91. The Bertz CT molecular complexity index is 240. The molecule has 1 N–H and O–H groups in total. The highest BCUT2D eigenvalue weighted by atomic mass is 35.5. The summed E-state index contributed by atoms with van der Waals surface area (Å²) in [6, 6.07) is 0. The Balaban J connectivity index is 4.62. The van der Waals surface area contributed by atoms with Crippen molar-refractivity contribution in [3.8, 4) is 0 Å². The topological polar surface area (TPSA) is 63.6 Å². The second-order valence-corrected chi connectivity index (χ2v) is 4.31. The number of hydrogen-bond donors (Lipinski definition) is 1. The average Bonchev–Trinajstić information content (AvgIpc) is 2.12. The fraction of sp³-hybridized carbons (Fsp3) is 0.800. The first-order chi connectivity index (χ1) is 6.84. The standard InChI is InChI=1S/C10H17ClO4/c1-4-5-6-10(11,8(12)13)9(14)15-7(2)3/h7H,4-6H2,1-3H3,(H,12,13). The Hall–Kier alpha value is -0.770. The van der Waals surface area contributed by atoms with Gasteiger partial charge in [-0.2, -0.15) is 0 Å². The molecule has 0 spiro atoms. The second-order valence-electron chi connectivity index (χ2n) is 3.66. The van der Waals surface area contributed by atoms with E-state index in [1.54, 1.807) is 13.8 Å². The number of carboxylic acids is 1. The van der Waals surface area contributed by atoms with Crippen molar-refractivity contribution in [2.24, 2.45) is 0 Å². The summed E-state index contributed by atoms with van der Waals surface area (Å²) in [7, 11) is 0. The van der Waals surface area contributed by atoms with E-state index in [2.05, 4.69) is 0 Å². The van der Waals surface area contributed by atoms with Gasteiger partial charge in [-0.1, -0.05) is 31.4 Å². The van der Waals surface area contributed by atoms with Crippen LogP contribution in [0.15, 0.2) is 0 Å². The lowest BCUT2D eigenvalue weighted by Gasteiger charge is -2.21. The molecule has 4 nitrogen and oxygen atoms in total. The van der Waals surface area contributed by atoms with Crippen molar-refractivity contribution >= 4 is 23.5 Å². The lowest BCUT2D eigenvalue weighted by atomic mass is 10.0. The smallest absolute Gasteiger partial charge is 0.339 e. The van der Waals surface area contributed by atoms with E-state index in [0.717, 1.165) is 6.42 Å². The number of halogens is 1. The molecule has 15 heavy (non-hydrogen) atoms. The number of rotatable bonds is 6. The molecule has 0 bridgehead atoms. The number of aliphatic carboxylic acids is 1. The van der Waals surface area contributed by atoms with Crippen molar-refractivity contribution in [1.29, 1.82) is 0 Å². The molecule has 1 atom stereocenters. The van der Waals surface area contributed by atoms with Crippen LogP contribution >= 0.6 is 11.6 Å². The van der Waals surface area contributed by atoms with Crippen LogP contribution in [0.4, 0.5) is 0 Å². The average molecular weight is 237 g/mol. The molecule has 0 aromatic carbocycles. The third kappa shape index (κ3) is 4.08. The van der Waals surface area contributed by atoms with Gasteiger partial charge in [0.1, 0.15) is 0 Å². The summed E-state index contributed by atoms with van der Waals surface area (Å²) in [5.41, 5.74) is 0. The highest BCUT2D eigenvalue weighted by Gasteiger charge is 2.45. The molecule has 0 saturated carbocycles. The van der Waals surface area contributed by atoms with E-state index < -0.39 is 16.8 Å². The van der Waals surface area contributed by atoms with Crippen LogP contribution in [0.3, 0.4) is 0 Å². The van der Waals surface area contributed by atoms with Crippen LogP contribution in [0.2, 0.25) is 0 Å². The molecule has 0 fully saturated rings. The maximum absolute atomic E-state index is 11.5. The van der Waals surface area contributed by atoms with Gasteiger partial charge < -0.3 is 9.84 Å². The van der Waals surface area contributed by atoms with Crippen molar-refractivity contribution in [2.45, 2.75) is 51.0 Å². The molecule has 0 saturated heterocycles. The van der Waals surface area contributed by atoms with Crippen LogP contribution in [-0.2, 0) is 14.3 Å². The molecule has 1 unspecified atom stereocenters. The molecule has 0 amide bonds. The minimum absolute atomic E-state index is 0.0892. The molecule has 0 aromatic heterocycles. The Labute approximate surface area is 94.6 Å². The molecule has 88 valence electrons. The van der Waals surface area contributed by atoms with Gasteiger partial charge in [-0.15, -0.1) is 0 Å². The third-order valence-electron chi connectivity index (χ3n) is 1.88. The van der Waals surface area contributed by atoms with E-state index in [1.807, 2.05) is 6.92 Å². The van der Waals surface area contributed by atoms with Gasteiger partial charge in [0, 0.05) is 0 Å². The number of alkyl halides is 1. The molecular weight excluding hydrogens is 220 g/mol. The lowest BCUT2D eigenvalue weighted by molar-refractivity contribution is -0.159. The zero-order valence-corrected chi connectivity index (χ0v) is 10.0. The normalized spacial score (nSPS) is 14.7. The van der Waals surface area contributed by atoms with Gasteiger partial charge in [-0.05, 0) is 20.3 Å². The lowest BCUT2D eigenvalue weighted by Crippen LogP contribution is -2.43. The molecule has 0 aliphatic rings. The van der Waals surface area contributed by atoms with Gasteiger partial charge in [-0.25, -0.2) is 9.59 Å². The summed E-state index contributed by atoms with van der Waals surface area (Å²) in [6.07, 6.45) is 1.07. The highest BCUT2D eigenvalue weighted by Crippen LogP contribution is 2.25. The van der Waals surface area contributed by atoms with Crippen molar-refractivity contribution in [3.05, 3.63) is 0 Å². The highest BCUT2D eigenvalue weighted by molar-refractivity contribution is 6.44. The van der Waals surface area contributed by atoms with E-state index >= 15 is 0 Å². The Morgan fingerprint density at radius 2 is 2.00 bits per heavy atom. The van der Waals surface area contributed by atoms with Gasteiger partial charge in [0.05, 0.1) is 6.10 Å². The first-order valence-corrected chi connectivity index (χ1v) is 5.35. The van der Waals surface area contributed by atoms with E-state index in [1.165, 1.54) is 0 Å². The fourth-order valence-electron chi connectivity index (χ4n) is 1.02. The molecular formula is C10H17ClO4. The molecule has 0 aliphatic heterocycles. The van der Waals surface area contributed by atoms with Crippen molar-refractivity contribution in [2.75, 3.05) is 0 Å². The number of ether oxygens (including phenoxy) is 1. The number of carboxylic acid groups (broad SMARTS) is 1. The number of carbonyl (C=O) groups is 2. The number of unbranched alkanes of at least 4 members (excludes halogenated alkanes) is 1. The van der Waals surface area contributed by atoms with Crippen LogP contribution in [0, 0.1) is 0 Å². The summed E-state index contributed by atoms with van der Waals surface area (Å²) in [6.45, 7) is 5.20. The maximum atomic E-state index is 11.5. The minimum Gasteiger partial charge on any atom is -0.479 e. The summed E-state index contributed by atoms with van der Waals surface area (Å²) < 4.78 is 4.82. The van der Waals surface area contributed by atoms with Crippen molar-refractivity contribution in [3.63, 3.8) is 0 Å². The Morgan fingerprint density at radius 3 is 2.33 bits per heavy atom. The van der Waals surface area contributed by atoms with Gasteiger partial charge in [0.25, 0.3) is 0 Å². The van der Waals surface area contributed by atoms with Crippen LogP contribution < -0.4 is 0 Å². The Morgan fingerprint density at radius 1 is 1.47 bits per heavy atom. The molecule has 0 aromatic rings. The van der Waals surface area contributed by atoms with Crippen molar-refractivity contribution in [1.82, 2.24) is 0 Å². The quantitative estimate of drug-likeness (QED) is 0.436. The first kappa shape index (κ1) is 14.2. The number of carbonyl (C=O) groups excluding carboxylic acids is 1. The van der Waals surface area contributed by atoms with Gasteiger partial charge in [-0.3, -0.25) is 0 Å². The van der Waals surface area contributed by atoms with E-state index in [-0.39, 0.29) is 12.5 Å². The van der Waals surface area contributed by atoms with Gasteiger partial charge in [0.2, 0.25) is 4.87 Å². The fourth-order valence-corrected chi connectivity index (χ4v) is 1.20. The van der Waals surface area contributed by atoms with Crippen LogP contribution in [0.1, 0.15) is 40.0 Å². The second kappa shape index (κ2) is 5.95. The van der Waals surface area contributed by atoms with E-state index in [9.17, 15) is 9.59 Å². The van der Waals surface area contributed by atoms with E-state index in [4.69, 9.17) is 21.4 Å². The summed E-state index contributed by atoms with van der Waals surface area (Å²) >= 11 is 5.77. The van der Waals surface area contributed by atoms with Crippen LogP contribution in [0.25, 0.3) is 0 Å². The summed E-state index contributed by atoms with van der Waals surface area (Å²) in [5.74, 6) is -2.22. The molecule has 5 heteroatoms. The first-order valence-electron chi connectivity index (χ1n) is 4.98. The SMILES string of the molecule is CCCCC(Cl)(C(=O)O)C(=O)OC(C)C. The van der Waals surface area contributed by atoms with Gasteiger partial charge in [0.15, 0.2) is 0 Å². The molecule has 0 radical (unpaired) electrons.